The molecule has 0 radical (unpaired) electrons. The van der Waals surface area contributed by atoms with Crippen molar-refractivity contribution < 1.29 is 4.79 Å². The molecule has 3 nitrogen and oxygen atoms in total. The third-order valence-corrected chi connectivity index (χ3v) is 2.66. The van der Waals surface area contributed by atoms with Gasteiger partial charge in [-0.3, -0.25) is 4.79 Å². The Morgan fingerprint density at radius 2 is 2.27 bits per heavy atom. The first-order valence-electron chi connectivity index (χ1n) is 4.66. The van der Waals surface area contributed by atoms with Gasteiger partial charge in [0.05, 0.1) is 16.6 Å². The third kappa shape index (κ3) is 1.64. The molecule has 78 valence electrons. The number of carbonyl (C=O) groups is 1. The van der Waals surface area contributed by atoms with Crippen LogP contribution in [0.4, 0.5) is 0 Å². The van der Waals surface area contributed by atoms with Gasteiger partial charge >= 0.3 is 0 Å². The quantitative estimate of drug-likeness (QED) is 0.767. The number of halogens is 1. The van der Waals surface area contributed by atoms with Gasteiger partial charge in [0.15, 0.2) is 5.78 Å². The molecule has 0 bridgehead atoms. The van der Waals surface area contributed by atoms with Crippen molar-refractivity contribution in [2.24, 2.45) is 5.73 Å². The number of hydrogen-bond donors (Lipinski definition) is 2. The molecule has 4 heteroatoms. The molecular weight excluding hydrogens is 212 g/mol. The fourth-order valence-electron chi connectivity index (χ4n) is 1.57. The van der Waals surface area contributed by atoms with E-state index in [2.05, 4.69) is 4.98 Å². The van der Waals surface area contributed by atoms with Gasteiger partial charge in [0.25, 0.3) is 0 Å². The minimum Gasteiger partial charge on any atom is -0.359 e. The molecule has 2 rings (SSSR count). The summed E-state index contributed by atoms with van der Waals surface area (Å²) >= 11 is 5.96. The molecule has 3 N–H and O–H groups in total. The summed E-state index contributed by atoms with van der Waals surface area (Å²) in [4.78, 5) is 14.8. The highest BCUT2D eigenvalue weighted by Gasteiger charge is 2.15. The maximum Gasteiger partial charge on any atom is 0.181 e. The standard InChI is InChI=1S/C11H11ClN2O/c1-6(13)11(15)8-4-2-3-7-9(12)5-14-10(7)8/h2-6,14H,13H2,1H3. The summed E-state index contributed by atoms with van der Waals surface area (Å²) in [6, 6.07) is 4.92. The van der Waals surface area contributed by atoms with Crippen molar-refractivity contribution in [1.29, 1.82) is 0 Å². The van der Waals surface area contributed by atoms with E-state index in [1.165, 1.54) is 0 Å². The number of aromatic nitrogens is 1. The van der Waals surface area contributed by atoms with Gasteiger partial charge in [-0.05, 0) is 13.0 Å². The van der Waals surface area contributed by atoms with Crippen molar-refractivity contribution in [2.45, 2.75) is 13.0 Å². The molecule has 1 aromatic heterocycles. The van der Waals surface area contributed by atoms with Crippen LogP contribution in [0, 0.1) is 0 Å². The first-order chi connectivity index (χ1) is 7.11. The number of fused-ring (bicyclic) bond motifs is 1. The number of nitrogens with two attached hydrogens (primary N) is 1. The van der Waals surface area contributed by atoms with Crippen molar-refractivity contribution in [2.75, 3.05) is 0 Å². The molecule has 0 amide bonds. The number of nitrogens with one attached hydrogen (secondary N) is 1. The zero-order valence-electron chi connectivity index (χ0n) is 8.25. The number of benzene rings is 1. The Morgan fingerprint density at radius 1 is 1.53 bits per heavy atom. The lowest BCUT2D eigenvalue weighted by Crippen LogP contribution is -2.26. The third-order valence-electron chi connectivity index (χ3n) is 2.34. The molecule has 0 saturated heterocycles. The largest absolute Gasteiger partial charge is 0.359 e. The summed E-state index contributed by atoms with van der Waals surface area (Å²) < 4.78 is 0. The van der Waals surface area contributed by atoms with Gasteiger partial charge < -0.3 is 10.7 Å². The van der Waals surface area contributed by atoms with Crippen LogP contribution in [-0.4, -0.2) is 16.8 Å². The van der Waals surface area contributed by atoms with Gasteiger partial charge in [0.1, 0.15) is 0 Å². The van der Waals surface area contributed by atoms with Crippen LogP contribution >= 0.6 is 11.6 Å². The number of Topliss-reactive ketones (excluding diaryl/α,β-unsaturated/α-hetero) is 1. The minimum atomic E-state index is -0.502. The van der Waals surface area contributed by atoms with Gasteiger partial charge in [-0.25, -0.2) is 0 Å². The van der Waals surface area contributed by atoms with Crippen molar-refractivity contribution >= 4 is 28.3 Å². The smallest absolute Gasteiger partial charge is 0.181 e. The van der Waals surface area contributed by atoms with Gasteiger partial charge in [0.2, 0.25) is 0 Å². The van der Waals surface area contributed by atoms with Crippen LogP contribution in [0.2, 0.25) is 5.02 Å². The normalized spacial score (nSPS) is 13.0. The van der Waals surface area contributed by atoms with E-state index in [4.69, 9.17) is 17.3 Å². The van der Waals surface area contributed by atoms with Crippen LogP contribution in [0.5, 0.6) is 0 Å². The Morgan fingerprint density at radius 3 is 2.93 bits per heavy atom. The summed E-state index contributed by atoms with van der Waals surface area (Å²) in [5.74, 6) is -0.0842. The molecule has 0 aliphatic carbocycles. The van der Waals surface area contributed by atoms with Crippen LogP contribution in [0.1, 0.15) is 17.3 Å². The lowest BCUT2D eigenvalue weighted by atomic mass is 10.0. The van der Waals surface area contributed by atoms with Crippen molar-refractivity contribution in [3.63, 3.8) is 0 Å². The Labute approximate surface area is 92.2 Å². The van der Waals surface area contributed by atoms with E-state index < -0.39 is 6.04 Å². The maximum absolute atomic E-state index is 11.8. The summed E-state index contributed by atoms with van der Waals surface area (Å²) in [5, 5.41) is 1.47. The highest BCUT2D eigenvalue weighted by Crippen LogP contribution is 2.25. The summed E-state index contributed by atoms with van der Waals surface area (Å²) in [6.45, 7) is 1.67. The molecule has 0 spiro atoms. The molecule has 2 aromatic rings. The van der Waals surface area contributed by atoms with Gasteiger partial charge in [-0.15, -0.1) is 0 Å². The van der Waals surface area contributed by atoms with Gasteiger partial charge in [0, 0.05) is 17.1 Å². The van der Waals surface area contributed by atoms with Crippen LogP contribution in [0.25, 0.3) is 10.9 Å². The second kappa shape index (κ2) is 3.68. The van der Waals surface area contributed by atoms with Crippen molar-refractivity contribution in [3.05, 3.63) is 35.0 Å². The molecule has 15 heavy (non-hydrogen) atoms. The number of ketones is 1. The van der Waals surface area contributed by atoms with E-state index in [-0.39, 0.29) is 5.78 Å². The van der Waals surface area contributed by atoms with Crippen molar-refractivity contribution in [3.8, 4) is 0 Å². The van der Waals surface area contributed by atoms with E-state index in [1.807, 2.05) is 6.07 Å². The Bertz CT molecular complexity index is 516. The minimum absolute atomic E-state index is 0.0842. The fraction of sp³-hybridized carbons (Fsp3) is 0.182. The average Bonchev–Trinajstić information content (AvgIpc) is 2.59. The number of aromatic amines is 1. The van der Waals surface area contributed by atoms with E-state index in [0.29, 0.717) is 10.6 Å². The molecule has 1 atom stereocenters. The van der Waals surface area contributed by atoms with Crippen LogP contribution in [0.15, 0.2) is 24.4 Å². The fourth-order valence-corrected chi connectivity index (χ4v) is 1.78. The zero-order chi connectivity index (χ0) is 11.0. The Hall–Kier alpha value is -1.32. The SMILES string of the molecule is CC(N)C(=O)c1cccc2c(Cl)c[nH]c12. The molecule has 0 fully saturated rings. The molecular formula is C11H11ClN2O. The van der Waals surface area contributed by atoms with E-state index in [9.17, 15) is 4.79 Å². The summed E-state index contributed by atoms with van der Waals surface area (Å²) in [6.07, 6.45) is 1.67. The van der Waals surface area contributed by atoms with E-state index in [1.54, 1.807) is 25.3 Å². The second-order valence-electron chi connectivity index (χ2n) is 3.52. The summed E-state index contributed by atoms with van der Waals surface area (Å²) in [5.41, 5.74) is 6.92. The van der Waals surface area contributed by atoms with Gasteiger partial charge in [-0.1, -0.05) is 23.7 Å². The number of para-hydroxylation sites is 1. The average molecular weight is 223 g/mol. The molecule has 1 unspecified atom stereocenters. The molecule has 1 heterocycles. The van der Waals surface area contributed by atoms with E-state index in [0.717, 1.165) is 10.9 Å². The maximum atomic E-state index is 11.8. The van der Waals surface area contributed by atoms with Crippen LogP contribution in [-0.2, 0) is 0 Å². The molecule has 1 aromatic carbocycles. The molecule has 0 aliphatic rings. The summed E-state index contributed by atoms with van der Waals surface area (Å²) in [7, 11) is 0. The Kier molecular flexibility index (Phi) is 2.50. The molecule has 0 saturated carbocycles. The number of carbonyl (C=O) groups excluding carboxylic acids is 1. The van der Waals surface area contributed by atoms with Gasteiger partial charge in [-0.2, -0.15) is 0 Å². The topological polar surface area (TPSA) is 58.9 Å². The number of hydrogen-bond acceptors (Lipinski definition) is 2. The van der Waals surface area contributed by atoms with E-state index >= 15 is 0 Å². The van der Waals surface area contributed by atoms with Crippen LogP contribution < -0.4 is 5.73 Å². The molecule has 0 aliphatic heterocycles. The van der Waals surface area contributed by atoms with Crippen LogP contribution in [0.3, 0.4) is 0 Å². The first kappa shape index (κ1) is 10.2. The zero-order valence-corrected chi connectivity index (χ0v) is 9.01. The Balaban J connectivity index is 2.66. The lowest BCUT2D eigenvalue weighted by molar-refractivity contribution is 0.0969. The monoisotopic (exact) mass is 222 g/mol. The predicted octanol–water partition coefficient (Wildman–Crippen LogP) is 2.35. The lowest BCUT2D eigenvalue weighted by Gasteiger charge is -2.05. The van der Waals surface area contributed by atoms with Crippen molar-refractivity contribution in [1.82, 2.24) is 4.98 Å². The first-order valence-corrected chi connectivity index (χ1v) is 5.04. The predicted molar refractivity (Wildman–Crippen MR) is 61.3 cm³/mol. The second-order valence-corrected chi connectivity index (χ2v) is 3.92. The highest BCUT2D eigenvalue weighted by atomic mass is 35.5. The number of H-pyrrole nitrogens is 1. The number of rotatable bonds is 2. The highest BCUT2D eigenvalue weighted by molar-refractivity contribution is 6.36.